The third kappa shape index (κ3) is 3.54. The normalized spacial score (nSPS) is 34.4. The van der Waals surface area contributed by atoms with Gasteiger partial charge in [-0.05, 0) is 62.4 Å². The zero-order valence-electron chi connectivity index (χ0n) is 13.4. The second kappa shape index (κ2) is 6.74. The number of rotatable bonds is 4. The summed E-state index contributed by atoms with van der Waals surface area (Å²) < 4.78 is 12.8. The van der Waals surface area contributed by atoms with Crippen molar-refractivity contribution >= 4 is 0 Å². The molecule has 0 amide bonds. The number of hydrogen-bond donors (Lipinski definition) is 1. The lowest BCUT2D eigenvalue weighted by atomic mass is 9.66. The van der Waals surface area contributed by atoms with Gasteiger partial charge in [0.15, 0.2) is 0 Å². The molecule has 1 aliphatic heterocycles. The van der Waals surface area contributed by atoms with E-state index in [4.69, 9.17) is 0 Å². The lowest BCUT2D eigenvalue weighted by Gasteiger charge is -2.49. The van der Waals surface area contributed by atoms with Crippen LogP contribution in [-0.2, 0) is 0 Å². The maximum atomic E-state index is 12.8. The SMILES string of the molecule is CCC(C)(C)C1CCC(O)CC1N1CCC(CF)CC1. The van der Waals surface area contributed by atoms with Crippen molar-refractivity contribution < 1.29 is 9.50 Å². The highest BCUT2D eigenvalue weighted by Gasteiger charge is 2.41. The van der Waals surface area contributed by atoms with Crippen LogP contribution in [0, 0.1) is 17.3 Å². The molecule has 1 saturated carbocycles. The average molecular weight is 285 g/mol. The van der Waals surface area contributed by atoms with Crippen LogP contribution in [0.5, 0.6) is 0 Å². The first-order valence-corrected chi connectivity index (χ1v) is 8.46. The van der Waals surface area contributed by atoms with E-state index in [1.54, 1.807) is 0 Å². The Kier molecular flexibility index (Phi) is 5.47. The van der Waals surface area contributed by atoms with Crippen LogP contribution >= 0.6 is 0 Å². The van der Waals surface area contributed by atoms with Gasteiger partial charge < -0.3 is 5.11 Å². The van der Waals surface area contributed by atoms with Gasteiger partial charge >= 0.3 is 0 Å². The topological polar surface area (TPSA) is 23.5 Å². The van der Waals surface area contributed by atoms with Crippen LogP contribution in [0.2, 0.25) is 0 Å². The van der Waals surface area contributed by atoms with Gasteiger partial charge in [-0.25, -0.2) is 0 Å². The molecule has 2 fully saturated rings. The predicted octanol–water partition coefficient (Wildman–Crippen LogP) is 3.63. The van der Waals surface area contributed by atoms with Gasteiger partial charge in [0.05, 0.1) is 12.8 Å². The van der Waals surface area contributed by atoms with Crippen molar-refractivity contribution in [3.63, 3.8) is 0 Å². The van der Waals surface area contributed by atoms with Gasteiger partial charge in [-0.3, -0.25) is 9.29 Å². The van der Waals surface area contributed by atoms with Gasteiger partial charge in [-0.15, -0.1) is 0 Å². The van der Waals surface area contributed by atoms with Crippen LogP contribution in [-0.4, -0.2) is 41.9 Å². The number of alkyl halides is 1. The molecule has 20 heavy (non-hydrogen) atoms. The minimum atomic E-state index is -0.162. The molecule has 1 saturated heterocycles. The van der Waals surface area contributed by atoms with E-state index >= 15 is 0 Å². The first kappa shape index (κ1) is 16.2. The molecule has 3 unspecified atom stereocenters. The van der Waals surface area contributed by atoms with Crippen molar-refractivity contribution in [1.82, 2.24) is 4.90 Å². The molecule has 2 aliphatic rings. The van der Waals surface area contributed by atoms with Crippen molar-refractivity contribution in [3.05, 3.63) is 0 Å². The third-order valence-corrected chi connectivity index (χ3v) is 6.04. The Labute approximate surface area is 123 Å². The quantitative estimate of drug-likeness (QED) is 0.852. The van der Waals surface area contributed by atoms with Crippen LogP contribution in [0.4, 0.5) is 4.39 Å². The van der Waals surface area contributed by atoms with E-state index in [2.05, 4.69) is 25.7 Å². The van der Waals surface area contributed by atoms with Crippen LogP contribution in [0.25, 0.3) is 0 Å². The molecule has 0 bridgehead atoms. The summed E-state index contributed by atoms with van der Waals surface area (Å²) in [5.74, 6) is 0.940. The van der Waals surface area contributed by atoms with E-state index in [1.165, 1.54) is 6.42 Å². The van der Waals surface area contributed by atoms with Crippen LogP contribution in [0.3, 0.4) is 0 Å². The Bertz CT molecular complexity index is 299. The van der Waals surface area contributed by atoms with Crippen molar-refractivity contribution in [2.24, 2.45) is 17.3 Å². The Hall–Kier alpha value is -0.150. The lowest BCUT2D eigenvalue weighted by Crippen LogP contribution is -2.52. The molecule has 3 atom stereocenters. The maximum absolute atomic E-state index is 12.8. The van der Waals surface area contributed by atoms with Gasteiger partial charge in [0.1, 0.15) is 0 Å². The number of likely N-dealkylation sites (tertiary alicyclic amines) is 1. The van der Waals surface area contributed by atoms with E-state index in [9.17, 15) is 9.50 Å². The van der Waals surface area contributed by atoms with Crippen molar-refractivity contribution in [3.8, 4) is 0 Å². The molecule has 3 heteroatoms. The number of piperidine rings is 1. The van der Waals surface area contributed by atoms with E-state index < -0.39 is 0 Å². The van der Waals surface area contributed by atoms with Gasteiger partial charge in [0, 0.05) is 6.04 Å². The number of nitrogens with zero attached hydrogens (tertiary/aromatic N) is 1. The first-order valence-electron chi connectivity index (χ1n) is 8.46. The highest BCUT2D eigenvalue weighted by Crippen LogP contribution is 2.43. The molecule has 0 aromatic rings. The molecular formula is C17H32FNO. The van der Waals surface area contributed by atoms with Gasteiger partial charge in [-0.2, -0.15) is 0 Å². The molecule has 0 spiro atoms. The summed E-state index contributed by atoms with van der Waals surface area (Å²) in [5.41, 5.74) is 0.335. The van der Waals surface area contributed by atoms with Gasteiger partial charge in [0.2, 0.25) is 0 Å². The molecule has 2 rings (SSSR count). The fourth-order valence-corrected chi connectivity index (χ4v) is 4.14. The summed E-state index contributed by atoms with van der Waals surface area (Å²) in [6.45, 7) is 8.89. The second-order valence-electron chi connectivity index (χ2n) is 7.62. The molecular weight excluding hydrogens is 253 g/mol. The Morgan fingerprint density at radius 3 is 2.35 bits per heavy atom. The van der Waals surface area contributed by atoms with E-state index in [0.717, 1.165) is 45.2 Å². The summed E-state index contributed by atoms with van der Waals surface area (Å²) in [5, 5.41) is 10.1. The number of aliphatic hydroxyl groups is 1. The highest BCUT2D eigenvalue weighted by atomic mass is 19.1. The fraction of sp³-hybridized carbons (Fsp3) is 1.00. The monoisotopic (exact) mass is 285 g/mol. The Morgan fingerprint density at radius 2 is 1.80 bits per heavy atom. The van der Waals surface area contributed by atoms with Crippen molar-refractivity contribution in [2.45, 2.75) is 71.4 Å². The Morgan fingerprint density at radius 1 is 1.15 bits per heavy atom. The second-order valence-corrected chi connectivity index (χ2v) is 7.62. The number of hydrogen-bond acceptors (Lipinski definition) is 2. The molecule has 1 aliphatic carbocycles. The molecule has 2 nitrogen and oxygen atoms in total. The number of aliphatic hydroxyl groups excluding tert-OH is 1. The lowest BCUT2D eigenvalue weighted by molar-refractivity contribution is -0.0300. The maximum Gasteiger partial charge on any atom is 0.0923 e. The standard InChI is InChI=1S/C17H32FNO/c1-4-17(2,3)15-6-5-14(20)11-16(15)19-9-7-13(12-18)8-10-19/h13-16,20H,4-12H2,1-3H3. The molecule has 1 heterocycles. The largest absolute Gasteiger partial charge is 0.393 e. The van der Waals surface area contributed by atoms with Crippen molar-refractivity contribution in [1.29, 1.82) is 0 Å². The van der Waals surface area contributed by atoms with Gasteiger partial charge in [0.25, 0.3) is 0 Å². The summed E-state index contributed by atoms with van der Waals surface area (Å²) >= 11 is 0. The van der Waals surface area contributed by atoms with Crippen LogP contribution in [0.1, 0.15) is 59.3 Å². The fourth-order valence-electron chi connectivity index (χ4n) is 4.14. The Balaban J connectivity index is 2.05. The number of halogens is 1. The molecule has 0 radical (unpaired) electrons. The highest BCUT2D eigenvalue weighted by molar-refractivity contribution is 4.94. The van der Waals surface area contributed by atoms with Gasteiger partial charge in [-0.1, -0.05) is 27.2 Å². The first-order chi connectivity index (χ1) is 9.47. The summed E-state index contributed by atoms with van der Waals surface area (Å²) in [7, 11) is 0. The summed E-state index contributed by atoms with van der Waals surface area (Å²) in [6.07, 6.45) is 6.02. The minimum absolute atomic E-state index is 0.136. The predicted molar refractivity (Wildman–Crippen MR) is 81.5 cm³/mol. The van der Waals surface area contributed by atoms with Crippen molar-refractivity contribution in [2.75, 3.05) is 19.8 Å². The van der Waals surface area contributed by atoms with E-state index in [1.807, 2.05) is 0 Å². The third-order valence-electron chi connectivity index (χ3n) is 6.04. The smallest absolute Gasteiger partial charge is 0.0923 e. The van der Waals surface area contributed by atoms with E-state index in [-0.39, 0.29) is 18.7 Å². The molecule has 0 aromatic carbocycles. The van der Waals surface area contributed by atoms with Crippen LogP contribution < -0.4 is 0 Å². The summed E-state index contributed by atoms with van der Waals surface area (Å²) in [4.78, 5) is 2.55. The zero-order chi connectivity index (χ0) is 14.8. The van der Waals surface area contributed by atoms with E-state index in [0.29, 0.717) is 17.4 Å². The minimum Gasteiger partial charge on any atom is -0.393 e. The molecule has 118 valence electrons. The summed E-state index contributed by atoms with van der Waals surface area (Å²) in [6, 6.07) is 0.495. The zero-order valence-corrected chi connectivity index (χ0v) is 13.4. The molecule has 0 aromatic heterocycles. The van der Waals surface area contributed by atoms with Crippen LogP contribution in [0.15, 0.2) is 0 Å². The average Bonchev–Trinajstić information content (AvgIpc) is 2.47. The molecule has 1 N–H and O–H groups in total.